The normalized spacial score (nSPS) is 18.7. The van der Waals surface area contributed by atoms with Crippen LogP contribution >= 0.6 is 0 Å². The van der Waals surface area contributed by atoms with E-state index in [4.69, 9.17) is 0 Å². The van der Waals surface area contributed by atoms with Gasteiger partial charge in [-0.1, -0.05) is 12.1 Å². The van der Waals surface area contributed by atoms with Crippen LogP contribution in [0.1, 0.15) is 11.6 Å². The van der Waals surface area contributed by atoms with E-state index in [0.717, 1.165) is 13.1 Å². The van der Waals surface area contributed by atoms with Gasteiger partial charge >= 0.3 is 0 Å². The second-order valence-corrected chi connectivity index (χ2v) is 7.18. The zero-order valence-corrected chi connectivity index (χ0v) is 11.9. The van der Waals surface area contributed by atoms with Crippen LogP contribution in [-0.2, 0) is 9.84 Å². The summed E-state index contributed by atoms with van der Waals surface area (Å²) in [6, 6.07) is 7.61. The minimum Gasteiger partial charge on any atom is -0.316 e. The molecule has 2 rings (SSSR count). The molecule has 1 saturated heterocycles. The summed E-state index contributed by atoms with van der Waals surface area (Å²) in [5.41, 5.74) is 1.18. The Bertz CT molecular complexity index is 504. The average molecular weight is 268 g/mol. The summed E-state index contributed by atoms with van der Waals surface area (Å²) in [5, 5.41) is 3.28. The van der Waals surface area contributed by atoms with Crippen molar-refractivity contribution in [2.24, 2.45) is 5.92 Å². The van der Waals surface area contributed by atoms with Crippen LogP contribution in [0.5, 0.6) is 0 Å². The van der Waals surface area contributed by atoms with Gasteiger partial charge in [0, 0.05) is 31.3 Å². The molecule has 1 aromatic rings. The number of sulfone groups is 1. The van der Waals surface area contributed by atoms with E-state index in [1.807, 2.05) is 12.1 Å². The molecule has 18 heavy (non-hydrogen) atoms. The van der Waals surface area contributed by atoms with Crippen LogP contribution in [0.25, 0.3) is 0 Å². The van der Waals surface area contributed by atoms with Gasteiger partial charge in [-0.25, -0.2) is 8.42 Å². The highest BCUT2D eigenvalue weighted by atomic mass is 32.2. The standard InChI is InChI=1S/C13H20N2O2S/c1-15(2)13(11-8-14-9-11)10-4-6-12(7-5-10)18(3,16)17/h4-7,11,13-14H,8-9H2,1-3H3. The number of nitrogens with one attached hydrogen (secondary N) is 1. The Morgan fingerprint density at radius 1 is 1.22 bits per heavy atom. The summed E-state index contributed by atoms with van der Waals surface area (Å²) < 4.78 is 22.9. The van der Waals surface area contributed by atoms with E-state index in [1.165, 1.54) is 11.8 Å². The van der Waals surface area contributed by atoms with Crippen molar-refractivity contribution in [2.45, 2.75) is 10.9 Å². The lowest BCUT2D eigenvalue weighted by Crippen LogP contribution is -2.48. The van der Waals surface area contributed by atoms with Crippen molar-refractivity contribution in [1.29, 1.82) is 0 Å². The van der Waals surface area contributed by atoms with E-state index < -0.39 is 9.84 Å². The molecule has 1 aliphatic heterocycles. The highest BCUT2D eigenvalue weighted by Gasteiger charge is 2.29. The van der Waals surface area contributed by atoms with Crippen molar-refractivity contribution >= 4 is 9.84 Å². The third-order valence-electron chi connectivity index (χ3n) is 3.47. The Morgan fingerprint density at radius 2 is 1.78 bits per heavy atom. The van der Waals surface area contributed by atoms with Crippen LogP contribution in [-0.4, -0.2) is 46.8 Å². The zero-order chi connectivity index (χ0) is 13.3. The fraction of sp³-hybridized carbons (Fsp3) is 0.538. The van der Waals surface area contributed by atoms with Gasteiger partial charge in [0.2, 0.25) is 0 Å². The molecule has 1 atom stereocenters. The topological polar surface area (TPSA) is 49.4 Å². The van der Waals surface area contributed by atoms with Crippen LogP contribution in [0.3, 0.4) is 0 Å². The Hall–Kier alpha value is -0.910. The molecule has 0 aromatic heterocycles. The SMILES string of the molecule is CN(C)C(c1ccc(S(C)(=O)=O)cc1)C1CNC1. The molecule has 0 radical (unpaired) electrons. The average Bonchev–Trinajstić information content (AvgIpc) is 2.21. The molecule has 0 amide bonds. The summed E-state index contributed by atoms with van der Waals surface area (Å²) >= 11 is 0. The first-order valence-corrected chi connectivity index (χ1v) is 7.96. The molecule has 1 aliphatic rings. The number of hydrogen-bond acceptors (Lipinski definition) is 4. The molecule has 0 saturated carbocycles. The van der Waals surface area contributed by atoms with Crippen molar-refractivity contribution in [2.75, 3.05) is 33.4 Å². The lowest BCUT2D eigenvalue weighted by molar-refractivity contribution is 0.161. The van der Waals surface area contributed by atoms with Crippen molar-refractivity contribution in [3.63, 3.8) is 0 Å². The number of nitrogens with zero attached hydrogens (tertiary/aromatic N) is 1. The predicted octanol–water partition coefficient (Wildman–Crippen LogP) is 0.912. The lowest BCUT2D eigenvalue weighted by Gasteiger charge is -2.38. The van der Waals surface area contributed by atoms with Gasteiger partial charge < -0.3 is 10.2 Å². The second-order valence-electron chi connectivity index (χ2n) is 5.17. The summed E-state index contributed by atoms with van der Waals surface area (Å²) in [7, 11) is 1.02. The van der Waals surface area contributed by atoms with E-state index in [1.54, 1.807) is 12.1 Å². The monoisotopic (exact) mass is 268 g/mol. The first-order chi connectivity index (χ1) is 8.39. The van der Waals surface area contributed by atoms with Crippen LogP contribution < -0.4 is 5.32 Å². The van der Waals surface area contributed by atoms with Crippen molar-refractivity contribution in [3.8, 4) is 0 Å². The molecule has 1 N–H and O–H groups in total. The fourth-order valence-corrected chi connectivity index (χ4v) is 3.07. The van der Waals surface area contributed by atoms with Crippen LogP contribution in [0.2, 0.25) is 0 Å². The van der Waals surface area contributed by atoms with Crippen LogP contribution in [0, 0.1) is 5.92 Å². The number of rotatable bonds is 4. The molecule has 0 bridgehead atoms. The minimum atomic E-state index is -3.10. The quantitative estimate of drug-likeness (QED) is 0.882. The van der Waals surface area contributed by atoms with Crippen LogP contribution in [0.15, 0.2) is 29.2 Å². The molecule has 4 nitrogen and oxygen atoms in total. The van der Waals surface area contributed by atoms with E-state index in [0.29, 0.717) is 16.9 Å². The maximum absolute atomic E-state index is 11.4. The molecule has 1 aromatic carbocycles. The number of benzene rings is 1. The largest absolute Gasteiger partial charge is 0.316 e. The first-order valence-electron chi connectivity index (χ1n) is 6.07. The third kappa shape index (κ3) is 2.74. The Kier molecular flexibility index (Phi) is 3.75. The van der Waals surface area contributed by atoms with Gasteiger partial charge in [0.15, 0.2) is 9.84 Å². The smallest absolute Gasteiger partial charge is 0.175 e. The summed E-state index contributed by atoms with van der Waals surface area (Å²) in [6.45, 7) is 2.05. The molecule has 0 spiro atoms. The highest BCUT2D eigenvalue weighted by molar-refractivity contribution is 7.90. The molecular formula is C13H20N2O2S. The van der Waals surface area contributed by atoms with E-state index in [9.17, 15) is 8.42 Å². The predicted molar refractivity (Wildman–Crippen MR) is 72.3 cm³/mol. The van der Waals surface area contributed by atoms with Gasteiger partial charge in [0.1, 0.15) is 0 Å². The van der Waals surface area contributed by atoms with Gasteiger partial charge in [0.05, 0.1) is 4.90 Å². The number of hydrogen-bond donors (Lipinski definition) is 1. The van der Waals surface area contributed by atoms with E-state index in [2.05, 4.69) is 24.3 Å². The molecular weight excluding hydrogens is 248 g/mol. The second kappa shape index (κ2) is 4.99. The molecule has 0 aliphatic carbocycles. The Morgan fingerprint density at radius 3 is 2.11 bits per heavy atom. The molecule has 100 valence electrons. The van der Waals surface area contributed by atoms with E-state index >= 15 is 0 Å². The lowest BCUT2D eigenvalue weighted by atomic mass is 9.88. The van der Waals surface area contributed by atoms with Crippen molar-refractivity contribution in [3.05, 3.63) is 29.8 Å². The molecule has 5 heteroatoms. The van der Waals surface area contributed by atoms with Gasteiger partial charge in [-0.05, 0) is 31.8 Å². The molecule has 1 fully saturated rings. The summed E-state index contributed by atoms with van der Waals surface area (Å²) in [4.78, 5) is 2.58. The third-order valence-corrected chi connectivity index (χ3v) is 4.59. The van der Waals surface area contributed by atoms with Gasteiger partial charge in [-0.15, -0.1) is 0 Å². The van der Waals surface area contributed by atoms with Crippen molar-refractivity contribution < 1.29 is 8.42 Å². The summed E-state index contributed by atoms with van der Waals surface area (Å²) in [5.74, 6) is 0.601. The maximum atomic E-state index is 11.4. The Labute approximate surface area is 109 Å². The summed E-state index contributed by atoms with van der Waals surface area (Å²) in [6.07, 6.45) is 1.24. The van der Waals surface area contributed by atoms with Crippen molar-refractivity contribution in [1.82, 2.24) is 10.2 Å². The Balaban J connectivity index is 2.26. The highest BCUT2D eigenvalue weighted by Crippen LogP contribution is 2.29. The van der Waals surface area contributed by atoms with Gasteiger partial charge in [-0.2, -0.15) is 0 Å². The molecule has 1 unspecified atom stereocenters. The fourth-order valence-electron chi connectivity index (χ4n) is 2.44. The zero-order valence-electron chi connectivity index (χ0n) is 11.1. The van der Waals surface area contributed by atoms with Crippen LogP contribution in [0.4, 0.5) is 0 Å². The maximum Gasteiger partial charge on any atom is 0.175 e. The van der Waals surface area contributed by atoms with Gasteiger partial charge in [0.25, 0.3) is 0 Å². The first kappa shape index (κ1) is 13.5. The van der Waals surface area contributed by atoms with E-state index in [-0.39, 0.29) is 0 Å². The van der Waals surface area contributed by atoms with Gasteiger partial charge in [-0.3, -0.25) is 0 Å². The molecule has 1 heterocycles. The minimum absolute atomic E-state index is 0.347.